The first kappa shape index (κ1) is 19.3. The molecule has 2 heterocycles. The van der Waals surface area contributed by atoms with Gasteiger partial charge in [-0.3, -0.25) is 10.1 Å². The second-order valence-corrected chi connectivity index (χ2v) is 6.48. The lowest BCUT2D eigenvalue weighted by Crippen LogP contribution is -2.43. The van der Waals surface area contributed by atoms with Gasteiger partial charge in [0.05, 0.1) is 6.04 Å². The van der Waals surface area contributed by atoms with Gasteiger partial charge in [-0.1, -0.05) is 31.1 Å². The minimum absolute atomic E-state index is 0. The molecule has 6 nitrogen and oxygen atoms in total. The zero-order chi connectivity index (χ0) is 15.1. The first-order valence-electron chi connectivity index (χ1n) is 7.67. The Balaban J connectivity index is 0.00000242. The number of aromatic nitrogens is 2. The lowest BCUT2D eigenvalue weighted by atomic mass is 9.92. The molecule has 1 amide bonds. The van der Waals surface area contributed by atoms with Crippen LogP contribution < -0.4 is 11.1 Å². The largest absolute Gasteiger partial charge is 0.381 e. The summed E-state index contributed by atoms with van der Waals surface area (Å²) in [4.78, 5) is 12.1. The normalized spacial score (nSPS) is 16.8. The van der Waals surface area contributed by atoms with Crippen molar-refractivity contribution in [2.75, 3.05) is 18.5 Å². The molecule has 0 bridgehead atoms. The van der Waals surface area contributed by atoms with Crippen molar-refractivity contribution in [3.63, 3.8) is 0 Å². The number of aryl methyl sites for hydroxylation is 1. The fourth-order valence-electron chi connectivity index (χ4n) is 2.41. The average Bonchev–Trinajstić information content (AvgIpc) is 2.95. The van der Waals surface area contributed by atoms with E-state index in [0.717, 1.165) is 30.7 Å². The van der Waals surface area contributed by atoms with Crippen LogP contribution in [-0.4, -0.2) is 35.4 Å². The maximum atomic E-state index is 12.1. The number of anilines is 1. The van der Waals surface area contributed by atoms with Gasteiger partial charge in [0.2, 0.25) is 11.0 Å². The highest BCUT2D eigenvalue weighted by atomic mass is 35.5. The van der Waals surface area contributed by atoms with E-state index in [9.17, 15) is 4.79 Å². The van der Waals surface area contributed by atoms with E-state index in [1.807, 2.05) is 0 Å². The van der Waals surface area contributed by atoms with Crippen LogP contribution >= 0.6 is 23.7 Å². The second-order valence-electron chi connectivity index (χ2n) is 5.42. The molecule has 0 spiro atoms. The molecule has 22 heavy (non-hydrogen) atoms. The van der Waals surface area contributed by atoms with E-state index < -0.39 is 6.04 Å². The van der Waals surface area contributed by atoms with Crippen LogP contribution in [0.3, 0.4) is 0 Å². The van der Waals surface area contributed by atoms with E-state index >= 15 is 0 Å². The Bertz CT molecular complexity index is 452. The number of ether oxygens (including phenoxy) is 1. The number of hydrogen-bond donors (Lipinski definition) is 2. The smallest absolute Gasteiger partial charge is 0.243 e. The Morgan fingerprint density at radius 2 is 2.14 bits per heavy atom. The highest BCUT2D eigenvalue weighted by Crippen LogP contribution is 2.21. The predicted molar refractivity (Wildman–Crippen MR) is 90.5 cm³/mol. The van der Waals surface area contributed by atoms with Crippen LogP contribution in [0.25, 0.3) is 0 Å². The van der Waals surface area contributed by atoms with Gasteiger partial charge >= 0.3 is 0 Å². The monoisotopic (exact) mass is 348 g/mol. The molecule has 1 aliphatic heterocycles. The maximum Gasteiger partial charge on any atom is 0.243 e. The highest BCUT2D eigenvalue weighted by molar-refractivity contribution is 7.15. The summed E-state index contributed by atoms with van der Waals surface area (Å²) in [6, 6.07) is -0.499. The molecule has 1 fully saturated rings. The molecule has 0 aromatic carbocycles. The van der Waals surface area contributed by atoms with E-state index in [0.29, 0.717) is 18.3 Å². The van der Waals surface area contributed by atoms with Gasteiger partial charge < -0.3 is 10.5 Å². The van der Waals surface area contributed by atoms with Gasteiger partial charge in [-0.25, -0.2) is 0 Å². The van der Waals surface area contributed by atoms with Crippen molar-refractivity contribution in [2.45, 2.75) is 51.5 Å². The van der Waals surface area contributed by atoms with Crippen LogP contribution in [0.2, 0.25) is 0 Å². The third kappa shape index (κ3) is 5.79. The third-order valence-electron chi connectivity index (χ3n) is 3.77. The van der Waals surface area contributed by atoms with Crippen molar-refractivity contribution in [1.82, 2.24) is 10.2 Å². The number of rotatable bonds is 7. The SMILES string of the molecule is CCCCCc1nnc(NC(=O)C(N)C2CCOCC2)s1.Cl. The Labute approximate surface area is 141 Å². The molecule has 8 heteroatoms. The molecule has 1 aliphatic rings. The van der Waals surface area contributed by atoms with Gasteiger partial charge in [0.25, 0.3) is 0 Å². The number of hydrogen-bond acceptors (Lipinski definition) is 6. The fourth-order valence-corrected chi connectivity index (χ4v) is 3.19. The van der Waals surface area contributed by atoms with Crippen molar-refractivity contribution in [1.29, 1.82) is 0 Å². The Morgan fingerprint density at radius 3 is 2.82 bits per heavy atom. The summed E-state index contributed by atoms with van der Waals surface area (Å²) in [6.45, 7) is 3.54. The zero-order valence-corrected chi connectivity index (χ0v) is 14.5. The Hall–Kier alpha value is -0.760. The fraction of sp³-hybridized carbons (Fsp3) is 0.786. The van der Waals surface area contributed by atoms with E-state index in [4.69, 9.17) is 10.5 Å². The van der Waals surface area contributed by atoms with Gasteiger partial charge in [0, 0.05) is 19.6 Å². The van der Waals surface area contributed by atoms with Gasteiger partial charge in [0.1, 0.15) is 5.01 Å². The van der Waals surface area contributed by atoms with Crippen LogP contribution in [-0.2, 0) is 16.0 Å². The molecule has 126 valence electrons. The number of carbonyl (C=O) groups is 1. The van der Waals surface area contributed by atoms with E-state index in [1.54, 1.807) is 0 Å². The molecule has 0 radical (unpaired) electrons. The summed E-state index contributed by atoms with van der Waals surface area (Å²) >= 11 is 1.44. The molecule has 0 saturated carbocycles. The number of unbranched alkanes of at least 4 members (excludes halogenated alkanes) is 2. The molecule has 1 aromatic rings. The van der Waals surface area contributed by atoms with Crippen LogP contribution in [0, 0.1) is 5.92 Å². The van der Waals surface area contributed by atoms with Crippen molar-refractivity contribution >= 4 is 34.8 Å². The first-order valence-corrected chi connectivity index (χ1v) is 8.49. The lowest BCUT2D eigenvalue weighted by molar-refractivity contribution is -0.119. The zero-order valence-electron chi connectivity index (χ0n) is 12.9. The number of nitrogens with two attached hydrogens (primary N) is 1. The van der Waals surface area contributed by atoms with Crippen LogP contribution in [0.4, 0.5) is 5.13 Å². The molecular weight excluding hydrogens is 324 g/mol. The van der Waals surface area contributed by atoms with E-state index in [2.05, 4.69) is 22.4 Å². The number of nitrogens with zero attached hydrogens (tertiary/aromatic N) is 2. The summed E-state index contributed by atoms with van der Waals surface area (Å²) in [7, 11) is 0. The number of amides is 1. The van der Waals surface area contributed by atoms with E-state index in [1.165, 1.54) is 24.2 Å². The van der Waals surface area contributed by atoms with Crippen molar-refractivity contribution in [2.24, 2.45) is 11.7 Å². The lowest BCUT2D eigenvalue weighted by Gasteiger charge is -2.26. The van der Waals surface area contributed by atoms with Crippen LogP contribution in [0.15, 0.2) is 0 Å². The highest BCUT2D eigenvalue weighted by Gasteiger charge is 2.27. The van der Waals surface area contributed by atoms with Crippen LogP contribution in [0.5, 0.6) is 0 Å². The van der Waals surface area contributed by atoms with Gasteiger partial charge in [-0.2, -0.15) is 0 Å². The average molecular weight is 349 g/mol. The Morgan fingerprint density at radius 1 is 1.41 bits per heavy atom. The molecular formula is C14H25ClN4O2S. The van der Waals surface area contributed by atoms with Gasteiger partial charge in [0.15, 0.2) is 0 Å². The maximum absolute atomic E-state index is 12.1. The van der Waals surface area contributed by atoms with Crippen molar-refractivity contribution in [3.8, 4) is 0 Å². The quantitative estimate of drug-likeness (QED) is 0.738. The summed E-state index contributed by atoms with van der Waals surface area (Å²) < 4.78 is 5.29. The summed E-state index contributed by atoms with van der Waals surface area (Å²) in [5.41, 5.74) is 6.03. The van der Waals surface area contributed by atoms with E-state index in [-0.39, 0.29) is 24.2 Å². The molecule has 1 unspecified atom stereocenters. The number of nitrogens with one attached hydrogen (secondary N) is 1. The summed E-state index contributed by atoms with van der Waals surface area (Å²) in [6.07, 6.45) is 6.09. The summed E-state index contributed by atoms with van der Waals surface area (Å²) in [5.74, 6) is 0.0221. The summed E-state index contributed by atoms with van der Waals surface area (Å²) in [5, 5.41) is 12.4. The molecule has 3 N–H and O–H groups in total. The van der Waals surface area contributed by atoms with Gasteiger partial charge in [-0.15, -0.1) is 22.6 Å². The minimum Gasteiger partial charge on any atom is -0.381 e. The molecule has 1 aromatic heterocycles. The molecule has 1 saturated heterocycles. The van der Waals surface area contributed by atoms with Gasteiger partial charge in [-0.05, 0) is 25.2 Å². The first-order chi connectivity index (χ1) is 10.2. The Kier molecular flexibility index (Phi) is 8.85. The van der Waals surface area contributed by atoms with Crippen molar-refractivity contribution in [3.05, 3.63) is 5.01 Å². The number of halogens is 1. The standard InChI is InChI=1S/C14H24N4O2S.ClH/c1-2-3-4-5-11-17-18-14(21-11)16-13(19)12(15)10-6-8-20-9-7-10;/h10,12H,2-9,15H2,1H3,(H,16,18,19);1H. The second kappa shape index (κ2) is 10.1. The topological polar surface area (TPSA) is 90.1 Å². The molecule has 2 rings (SSSR count). The van der Waals surface area contributed by atoms with Crippen LogP contribution in [0.1, 0.15) is 44.0 Å². The predicted octanol–water partition coefficient (Wildman–Crippen LogP) is 2.39. The van der Waals surface area contributed by atoms with Crippen molar-refractivity contribution < 1.29 is 9.53 Å². The third-order valence-corrected chi connectivity index (χ3v) is 4.67. The molecule has 1 atom stereocenters. The minimum atomic E-state index is -0.499. The number of carbonyl (C=O) groups excluding carboxylic acids is 1. The molecule has 0 aliphatic carbocycles.